The van der Waals surface area contributed by atoms with Crippen molar-refractivity contribution in [1.82, 2.24) is 5.32 Å². The van der Waals surface area contributed by atoms with Crippen LogP contribution in [0.2, 0.25) is 0 Å². The number of quaternary nitrogens is 1. The minimum absolute atomic E-state index is 0.0792. The molecule has 2 rings (SSSR count). The average molecular weight is 278 g/mol. The van der Waals surface area contributed by atoms with E-state index in [0.29, 0.717) is 24.6 Å². The lowest BCUT2D eigenvalue weighted by molar-refractivity contribution is -0.678. The van der Waals surface area contributed by atoms with Gasteiger partial charge < -0.3 is 20.7 Å². The van der Waals surface area contributed by atoms with Gasteiger partial charge in [0.05, 0.1) is 31.8 Å². The number of nitrogens with one attached hydrogen (secondary N) is 2. The van der Waals surface area contributed by atoms with Gasteiger partial charge in [-0.05, 0) is 19.1 Å². The zero-order valence-electron chi connectivity index (χ0n) is 11.5. The first kappa shape index (κ1) is 14.3. The standard InChI is InChI=1S/C14H19N3O3/c1-2-20-12-6-4-3-5-10(12)17-13(18)9-11-14(19)16-8-7-15-11/h3-6,11,15H,2,7-9H2,1H3,(H,16,19)(H,17,18)/p+1/t11-/m1/s1. The van der Waals surface area contributed by atoms with Crippen LogP contribution in [0.4, 0.5) is 5.69 Å². The van der Waals surface area contributed by atoms with Crippen LogP contribution in [-0.2, 0) is 9.59 Å². The average Bonchev–Trinajstić information content (AvgIpc) is 2.44. The third-order valence-electron chi connectivity index (χ3n) is 3.10. The number of carbonyl (C=O) groups is 2. The van der Waals surface area contributed by atoms with Gasteiger partial charge in [-0.1, -0.05) is 12.1 Å². The van der Waals surface area contributed by atoms with Crippen LogP contribution >= 0.6 is 0 Å². The van der Waals surface area contributed by atoms with E-state index in [0.717, 1.165) is 6.54 Å². The van der Waals surface area contributed by atoms with Crippen LogP contribution in [0.5, 0.6) is 5.75 Å². The quantitative estimate of drug-likeness (QED) is 0.677. The number of para-hydroxylation sites is 2. The Labute approximate surface area is 117 Å². The van der Waals surface area contributed by atoms with E-state index in [1.807, 2.05) is 24.4 Å². The molecule has 0 unspecified atom stereocenters. The first-order chi connectivity index (χ1) is 9.70. The summed E-state index contributed by atoms with van der Waals surface area (Å²) in [4.78, 5) is 23.6. The summed E-state index contributed by atoms with van der Waals surface area (Å²) in [6, 6.07) is 6.93. The van der Waals surface area contributed by atoms with E-state index in [9.17, 15) is 9.59 Å². The third kappa shape index (κ3) is 3.71. The summed E-state index contributed by atoms with van der Waals surface area (Å²) in [5.74, 6) is 0.375. The molecule has 1 heterocycles. The smallest absolute Gasteiger partial charge is 0.278 e. The van der Waals surface area contributed by atoms with E-state index in [2.05, 4.69) is 10.6 Å². The molecule has 1 fully saturated rings. The second-order valence-corrected chi connectivity index (χ2v) is 4.60. The molecule has 2 amide bonds. The summed E-state index contributed by atoms with van der Waals surface area (Å²) < 4.78 is 5.45. The Morgan fingerprint density at radius 3 is 3.05 bits per heavy atom. The van der Waals surface area contributed by atoms with Crippen LogP contribution in [0, 0.1) is 0 Å². The van der Waals surface area contributed by atoms with Crippen LogP contribution in [0.25, 0.3) is 0 Å². The fourth-order valence-electron chi connectivity index (χ4n) is 2.15. The number of piperazine rings is 1. The highest BCUT2D eigenvalue weighted by atomic mass is 16.5. The monoisotopic (exact) mass is 278 g/mol. The second kappa shape index (κ2) is 6.91. The lowest BCUT2D eigenvalue weighted by Gasteiger charge is -2.20. The Morgan fingerprint density at radius 1 is 1.50 bits per heavy atom. The molecule has 1 atom stereocenters. The molecule has 6 nitrogen and oxygen atoms in total. The van der Waals surface area contributed by atoms with E-state index in [1.165, 1.54) is 0 Å². The molecule has 108 valence electrons. The predicted octanol–water partition coefficient (Wildman–Crippen LogP) is -0.524. The molecule has 20 heavy (non-hydrogen) atoms. The maximum absolute atomic E-state index is 12.0. The Bertz CT molecular complexity index is 490. The van der Waals surface area contributed by atoms with Crippen molar-refractivity contribution in [2.75, 3.05) is 25.0 Å². The largest absolute Gasteiger partial charge is 0.492 e. The maximum atomic E-state index is 12.0. The summed E-state index contributed by atoms with van der Waals surface area (Å²) in [5, 5.41) is 7.45. The lowest BCUT2D eigenvalue weighted by Crippen LogP contribution is -2.96. The summed E-state index contributed by atoms with van der Waals surface area (Å²) in [5.41, 5.74) is 0.635. The number of hydrogen-bond donors (Lipinski definition) is 3. The van der Waals surface area contributed by atoms with E-state index >= 15 is 0 Å². The number of amides is 2. The SMILES string of the molecule is CCOc1ccccc1NC(=O)C[C@H]1[NH2+]CCNC1=O. The molecule has 1 aromatic rings. The van der Waals surface area contributed by atoms with Crippen molar-refractivity contribution in [2.24, 2.45) is 0 Å². The zero-order chi connectivity index (χ0) is 14.4. The third-order valence-corrected chi connectivity index (χ3v) is 3.10. The van der Waals surface area contributed by atoms with Crippen molar-refractivity contribution >= 4 is 17.5 Å². The maximum Gasteiger partial charge on any atom is 0.278 e. The molecule has 6 heteroatoms. The van der Waals surface area contributed by atoms with Crippen molar-refractivity contribution in [3.63, 3.8) is 0 Å². The molecule has 0 spiro atoms. The molecular weight excluding hydrogens is 258 g/mol. The van der Waals surface area contributed by atoms with Crippen LogP contribution in [0.3, 0.4) is 0 Å². The fraction of sp³-hybridized carbons (Fsp3) is 0.429. The van der Waals surface area contributed by atoms with Gasteiger partial charge in [-0.25, -0.2) is 0 Å². The highest BCUT2D eigenvalue weighted by Crippen LogP contribution is 2.23. The molecule has 1 aromatic carbocycles. The number of benzene rings is 1. The van der Waals surface area contributed by atoms with Gasteiger partial charge in [-0.3, -0.25) is 9.59 Å². The molecule has 0 radical (unpaired) electrons. The van der Waals surface area contributed by atoms with Crippen molar-refractivity contribution in [2.45, 2.75) is 19.4 Å². The molecule has 0 aliphatic carbocycles. The van der Waals surface area contributed by atoms with Gasteiger partial charge in [0, 0.05) is 0 Å². The molecule has 4 N–H and O–H groups in total. The summed E-state index contributed by atoms with van der Waals surface area (Å²) in [6.45, 7) is 3.88. The van der Waals surface area contributed by atoms with E-state index < -0.39 is 0 Å². The van der Waals surface area contributed by atoms with Crippen molar-refractivity contribution in [3.05, 3.63) is 24.3 Å². The first-order valence-corrected chi connectivity index (χ1v) is 6.83. The number of nitrogens with two attached hydrogens (primary N) is 1. The Kier molecular flexibility index (Phi) is 4.95. The summed E-state index contributed by atoms with van der Waals surface area (Å²) >= 11 is 0. The summed E-state index contributed by atoms with van der Waals surface area (Å²) in [7, 11) is 0. The molecule has 1 aliphatic heterocycles. The number of rotatable bonds is 5. The van der Waals surface area contributed by atoms with Crippen LogP contribution in [0.15, 0.2) is 24.3 Å². The van der Waals surface area contributed by atoms with Gasteiger partial charge in [-0.2, -0.15) is 0 Å². The lowest BCUT2D eigenvalue weighted by atomic mass is 10.1. The van der Waals surface area contributed by atoms with E-state index in [4.69, 9.17) is 4.74 Å². The Balaban J connectivity index is 1.95. The summed E-state index contributed by atoms with van der Waals surface area (Å²) in [6.07, 6.45) is 0.159. The van der Waals surface area contributed by atoms with Gasteiger partial charge in [0.25, 0.3) is 5.91 Å². The van der Waals surface area contributed by atoms with Crippen molar-refractivity contribution in [3.8, 4) is 5.75 Å². The van der Waals surface area contributed by atoms with E-state index in [1.54, 1.807) is 12.1 Å². The topological polar surface area (TPSA) is 84.0 Å². The van der Waals surface area contributed by atoms with Gasteiger partial charge in [-0.15, -0.1) is 0 Å². The highest BCUT2D eigenvalue weighted by molar-refractivity contribution is 5.95. The van der Waals surface area contributed by atoms with Crippen LogP contribution < -0.4 is 20.7 Å². The minimum atomic E-state index is -0.344. The molecule has 0 bridgehead atoms. The normalized spacial score (nSPS) is 18.2. The molecule has 1 aliphatic rings. The molecule has 0 aromatic heterocycles. The fourth-order valence-corrected chi connectivity index (χ4v) is 2.15. The first-order valence-electron chi connectivity index (χ1n) is 6.83. The van der Waals surface area contributed by atoms with Gasteiger partial charge in [0.2, 0.25) is 5.91 Å². The Hall–Kier alpha value is -2.08. The van der Waals surface area contributed by atoms with Gasteiger partial charge in [0.15, 0.2) is 6.04 Å². The molecular formula is C14H20N3O3+. The highest BCUT2D eigenvalue weighted by Gasteiger charge is 2.28. The molecule has 0 saturated carbocycles. The predicted molar refractivity (Wildman–Crippen MR) is 74.4 cm³/mol. The number of hydrogen-bond acceptors (Lipinski definition) is 3. The van der Waals surface area contributed by atoms with Gasteiger partial charge >= 0.3 is 0 Å². The van der Waals surface area contributed by atoms with Crippen LogP contribution in [-0.4, -0.2) is 37.6 Å². The Morgan fingerprint density at radius 2 is 2.30 bits per heavy atom. The number of carbonyl (C=O) groups excluding carboxylic acids is 2. The minimum Gasteiger partial charge on any atom is -0.492 e. The van der Waals surface area contributed by atoms with Crippen molar-refractivity contribution in [1.29, 1.82) is 0 Å². The van der Waals surface area contributed by atoms with Gasteiger partial charge in [0.1, 0.15) is 5.75 Å². The van der Waals surface area contributed by atoms with E-state index in [-0.39, 0.29) is 24.3 Å². The molecule has 1 saturated heterocycles. The number of anilines is 1. The second-order valence-electron chi connectivity index (χ2n) is 4.60. The number of ether oxygens (including phenoxy) is 1. The zero-order valence-corrected chi connectivity index (χ0v) is 11.5. The van der Waals surface area contributed by atoms with Crippen LogP contribution in [0.1, 0.15) is 13.3 Å². The van der Waals surface area contributed by atoms with Crippen molar-refractivity contribution < 1.29 is 19.6 Å².